The third kappa shape index (κ3) is 3.07. The molecule has 19 heavy (non-hydrogen) atoms. The Hall–Kier alpha value is -1.55. The molecule has 2 atom stereocenters. The first-order valence-corrected chi connectivity index (χ1v) is 6.84. The first kappa shape index (κ1) is 13.9. The smallest absolute Gasteiger partial charge is 0.318 e. The lowest BCUT2D eigenvalue weighted by atomic mass is 9.99. The summed E-state index contributed by atoms with van der Waals surface area (Å²) in [5.41, 5.74) is 9.30. The van der Waals surface area contributed by atoms with Gasteiger partial charge in [0, 0.05) is 13.1 Å². The van der Waals surface area contributed by atoms with Crippen molar-refractivity contribution in [3.63, 3.8) is 0 Å². The Morgan fingerprint density at radius 2 is 2.21 bits per heavy atom. The molecular formula is C15H23N3O. The van der Waals surface area contributed by atoms with Crippen LogP contribution in [0.4, 0.5) is 4.79 Å². The minimum atomic E-state index is 0.0196. The summed E-state index contributed by atoms with van der Waals surface area (Å²) in [5.74, 6) is 0.336. The second-order valence-corrected chi connectivity index (χ2v) is 5.61. The number of nitrogens with two attached hydrogens (primary N) is 1. The number of amides is 2. The second-order valence-electron chi connectivity index (χ2n) is 5.61. The Morgan fingerprint density at radius 1 is 1.47 bits per heavy atom. The monoisotopic (exact) mass is 261 g/mol. The van der Waals surface area contributed by atoms with Crippen LogP contribution < -0.4 is 11.1 Å². The van der Waals surface area contributed by atoms with Crippen LogP contribution in [0, 0.1) is 19.8 Å². The van der Waals surface area contributed by atoms with E-state index >= 15 is 0 Å². The van der Waals surface area contributed by atoms with E-state index in [0.29, 0.717) is 12.5 Å². The average Bonchev–Trinajstić information content (AvgIpc) is 2.73. The molecule has 1 aliphatic heterocycles. The standard InChI is InChI=1S/C15H23N3O/c1-10-4-5-12(3)13(6-10)14-9-18(15(19)17-14)8-11(2)7-16/h4-6,11,14H,7-9,16H2,1-3H3,(H,17,19). The van der Waals surface area contributed by atoms with E-state index in [2.05, 4.69) is 44.3 Å². The van der Waals surface area contributed by atoms with Gasteiger partial charge in [-0.3, -0.25) is 0 Å². The van der Waals surface area contributed by atoms with Gasteiger partial charge in [0.05, 0.1) is 6.04 Å². The molecule has 0 saturated carbocycles. The van der Waals surface area contributed by atoms with Crippen LogP contribution >= 0.6 is 0 Å². The summed E-state index contributed by atoms with van der Waals surface area (Å²) in [5, 5.41) is 3.06. The molecule has 2 unspecified atom stereocenters. The van der Waals surface area contributed by atoms with E-state index in [0.717, 1.165) is 13.1 Å². The summed E-state index contributed by atoms with van der Waals surface area (Å²) in [6, 6.07) is 6.49. The van der Waals surface area contributed by atoms with E-state index in [4.69, 9.17) is 5.73 Å². The largest absolute Gasteiger partial charge is 0.330 e. The molecule has 0 aliphatic carbocycles. The molecule has 0 bridgehead atoms. The van der Waals surface area contributed by atoms with Gasteiger partial charge < -0.3 is 16.0 Å². The van der Waals surface area contributed by atoms with Crippen molar-refractivity contribution in [3.05, 3.63) is 34.9 Å². The molecule has 2 amide bonds. The Labute approximate surface area is 115 Å². The van der Waals surface area contributed by atoms with Crippen molar-refractivity contribution in [2.24, 2.45) is 11.7 Å². The van der Waals surface area contributed by atoms with Crippen LogP contribution in [0.1, 0.15) is 29.7 Å². The SMILES string of the molecule is Cc1ccc(C)c(C2CN(CC(C)CN)C(=O)N2)c1. The van der Waals surface area contributed by atoms with Gasteiger partial charge in [-0.2, -0.15) is 0 Å². The van der Waals surface area contributed by atoms with Crippen LogP contribution in [0.5, 0.6) is 0 Å². The predicted molar refractivity (Wildman–Crippen MR) is 77.0 cm³/mol. The van der Waals surface area contributed by atoms with Crippen LogP contribution in [0.2, 0.25) is 0 Å². The fraction of sp³-hybridized carbons (Fsp3) is 0.533. The molecule has 1 aromatic carbocycles. The highest BCUT2D eigenvalue weighted by Crippen LogP contribution is 2.24. The zero-order valence-corrected chi connectivity index (χ0v) is 11.9. The van der Waals surface area contributed by atoms with Gasteiger partial charge in [0.1, 0.15) is 0 Å². The highest BCUT2D eigenvalue weighted by Gasteiger charge is 2.30. The number of nitrogens with one attached hydrogen (secondary N) is 1. The summed E-state index contributed by atoms with van der Waals surface area (Å²) in [7, 11) is 0. The maximum Gasteiger partial charge on any atom is 0.318 e. The summed E-state index contributed by atoms with van der Waals surface area (Å²) in [6.45, 7) is 8.30. The Morgan fingerprint density at radius 3 is 2.89 bits per heavy atom. The van der Waals surface area contributed by atoms with E-state index < -0.39 is 0 Å². The molecule has 4 heteroatoms. The first-order valence-electron chi connectivity index (χ1n) is 6.84. The predicted octanol–water partition coefficient (Wildman–Crippen LogP) is 1.96. The van der Waals surface area contributed by atoms with Gasteiger partial charge in [0.25, 0.3) is 0 Å². The number of aryl methyl sites for hydroxylation is 2. The number of hydrogen-bond donors (Lipinski definition) is 2. The average molecular weight is 261 g/mol. The van der Waals surface area contributed by atoms with E-state index in [1.54, 1.807) is 0 Å². The first-order chi connectivity index (χ1) is 9.01. The number of carbonyl (C=O) groups is 1. The highest BCUT2D eigenvalue weighted by atomic mass is 16.2. The minimum Gasteiger partial charge on any atom is -0.330 e. The van der Waals surface area contributed by atoms with Crippen molar-refractivity contribution in [2.45, 2.75) is 26.8 Å². The summed E-state index contributed by atoms with van der Waals surface area (Å²) in [6.07, 6.45) is 0. The lowest BCUT2D eigenvalue weighted by Crippen LogP contribution is -2.34. The van der Waals surface area contributed by atoms with Crippen molar-refractivity contribution < 1.29 is 4.79 Å². The van der Waals surface area contributed by atoms with E-state index in [1.165, 1.54) is 16.7 Å². The number of urea groups is 1. The fourth-order valence-electron chi connectivity index (χ4n) is 2.51. The zero-order valence-electron chi connectivity index (χ0n) is 11.9. The van der Waals surface area contributed by atoms with E-state index in [9.17, 15) is 4.79 Å². The van der Waals surface area contributed by atoms with E-state index in [-0.39, 0.29) is 12.1 Å². The molecule has 104 valence electrons. The fourth-order valence-corrected chi connectivity index (χ4v) is 2.51. The summed E-state index contributed by atoms with van der Waals surface area (Å²) < 4.78 is 0. The topological polar surface area (TPSA) is 58.4 Å². The van der Waals surface area contributed by atoms with Crippen molar-refractivity contribution in [2.75, 3.05) is 19.6 Å². The van der Waals surface area contributed by atoms with Crippen molar-refractivity contribution in [1.82, 2.24) is 10.2 Å². The van der Waals surface area contributed by atoms with Crippen LogP contribution in [0.15, 0.2) is 18.2 Å². The summed E-state index contributed by atoms with van der Waals surface area (Å²) in [4.78, 5) is 13.8. The molecule has 0 aromatic heterocycles. The summed E-state index contributed by atoms with van der Waals surface area (Å²) >= 11 is 0. The Bertz CT molecular complexity index is 472. The second kappa shape index (κ2) is 5.61. The molecule has 1 fully saturated rings. The molecule has 1 heterocycles. The molecule has 4 nitrogen and oxygen atoms in total. The minimum absolute atomic E-state index is 0.0196. The third-order valence-corrected chi connectivity index (χ3v) is 3.73. The van der Waals surface area contributed by atoms with E-state index in [1.807, 2.05) is 4.90 Å². The number of hydrogen-bond acceptors (Lipinski definition) is 2. The lowest BCUT2D eigenvalue weighted by Gasteiger charge is -2.19. The number of rotatable bonds is 4. The normalized spacial score (nSPS) is 20.5. The van der Waals surface area contributed by atoms with Crippen molar-refractivity contribution in [1.29, 1.82) is 0 Å². The van der Waals surface area contributed by atoms with Crippen LogP contribution in [0.3, 0.4) is 0 Å². The van der Waals surface area contributed by atoms with Gasteiger partial charge in [-0.05, 0) is 37.4 Å². The maximum absolute atomic E-state index is 12.0. The lowest BCUT2D eigenvalue weighted by molar-refractivity contribution is 0.211. The molecule has 0 spiro atoms. The third-order valence-electron chi connectivity index (χ3n) is 3.73. The molecule has 1 aliphatic rings. The Kier molecular flexibility index (Phi) is 4.10. The van der Waals surface area contributed by atoms with Gasteiger partial charge in [-0.15, -0.1) is 0 Å². The van der Waals surface area contributed by atoms with Crippen molar-refractivity contribution >= 4 is 6.03 Å². The molecule has 0 radical (unpaired) electrons. The van der Waals surface area contributed by atoms with Gasteiger partial charge in [-0.1, -0.05) is 30.7 Å². The van der Waals surface area contributed by atoms with Crippen LogP contribution in [-0.2, 0) is 0 Å². The molecule has 3 N–H and O–H groups in total. The highest BCUT2D eigenvalue weighted by molar-refractivity contribution is 5.77. The zero-order chi connectivity index (χ0) is 14.0. The van der Waals surface area contributed by atoms with Crippen molar-refractivity contribution in [3.8, 4) is 0 Å². The van der Waals surface area contributed by atoms with Gasteiger partial charge in [0.15, 0.2) is 0 Å². The van der Waals surface area contributed by atoms with Crippen LogP contribution in [0.25, 0.3) is 0 Å². The van der Waals surface area contributed by atoms with Gasteiger partial charge in [-0.25, -0.2) is 4.79 Å². The van der Waals surface area contributed by atoms with Gasteiger partial charge in [0.2, 0.25) is 0 Å². The van der Waals surface area contributed by atoms with Crippen LogP contribution in [-0.4, -0.2) is 30.6 Å². The maximum atomic E-state index is 12.0. The number of benzene rings is 1. The molecular weight excluding hydrogens is 238 g/mol. The Balaban J connectivity index is 2.12. The molecule has 2 rings (SSSR count). The quantitative estimate of drug-likeness (QED) is 0.870. The number of nitrogens with zero attached hydrogens (tertiary/aromatic N) is 1. The molecule has 1 aromatic rings. The van der Waals surface area contributed by atoms with Gasteiger partial charge >= 0.3 is 6.03 Å². The molecule has 1 saturated heterocycles. The number of carbonyl (C=O) groups excluding carboxylic acids is 1.